The predicted octanol–water partition coefficient (Wildman–Crippen LogP) is 4.37. The molecule has 0 radical (unpaired) electrons. The van der Waals surface area contributed by atoms with Crippen molar-refractivity contribution >= 4 is 0 Å². The molecule has 0 aliphatic carbocycles. The minimum atomic E-state index is 0.993. The maximum Gasteiger partial charge on any atom is 0.0394 e. The smallest absolute Gasteiger partial charge is 0.0394 e. The molecule has 2 aliphatic rings. The third-order valence-electron chi connectivity index (χ3n) is 3.96. The largest absolute Gasteiger partial charge is 0.371 e. The summed E-state index contributed by atoms with van der Waals surface area (Å²) in [6, 6.07) is 0. The summed E-state index contributed by atoms with van der Waals surface area (Å²) in [4.78, 5) is 2.54. The maximum absolute atomic E-state index is 4.09. The molecule has 1 fully saturated rings. The third-order valence-corrected chi connectivity index (χ3v) is 3.96. The molecular formula is C17H23N. The lowest BCUT2D eigenvalue weighted by Gasteiger charge is -2.39. The van der Waals surface area contributed by atoms with E-state index in [0.29, 0.717) is 0 Å². The predicted molar refractivity (Wildman–Crippen MR) is 79.3 cm³/mol. The Morgan fingerprint density at radius 3 is 2.39 bits per heavy atom. The van der Waals surface area contributed by atoms with Crippen molar-refractivity contribution in [3.8, 4) is 0 Å². The van der Waals surface area contributed by atoms with E-state index in [1.54, 1.807) is 0 Å². The van der Waals surface area contributed by atoms with Crippen molar-refractivity contribution in [1.29, 1.82) is 0 Å². The molecule has 0 amide bonds. The number of rotatable bonds is 3. The minimum Gasteiger partial charge on any atom is -0.371 e. The highest BCUT2D eigenvalue weighted by molar-refractivity contribution is 5.54. The standard InChI is InChI=1S/C17H23N/c1-5-13(3)15(6-2)16-10-8-12-18-11-7-9-14(4)17(16)18/h5-6H,1-3,7-12H2,4H3/b16-15-. The highest BCUT2D eigenvalue weighted by Crippen LogP contribution is 2.37. The lowest BCUT2D eigenvalue weighted by atomic mass is 9.87. The van der Waals surface area contributed by atoms with Gasteiger partial charge in [-0.3, -0.25) is 0 Å². The van der Waals surface area contributed by atoms with Gasteiger partial charge in [0.2, 0.25) is 0 Å². The van der Waals surface area contributed by atoms with Crippen LogP contribution in [0.15, 0.2) is 59.9 Å². The molecule has 2 aliphatic heterocycles. The van der Waals surface area contributed by atoms with E-state index in [1.165, 1.54) is 54.8 Å². The van der Waals surface area contributed by atoms with Crippen LogP contribution in [0.3, 0.4) is 0 Å². The van der Waals surface area contributed by atoms with Gasteiger partial charge in [-0.05, 0) is 54.9 Å². The van der Waals surface area contributed by atoms with Crippen LogP contribution in [0.25, 0.3) is 0 Å². The number of nitrogens with zero attached hydrogens (tertiary/aromatic N) is 1. The first-order valence-corrected chi connectivity index (χ1v) is 6.81. The molecule has 0 spiro atoms. The van der Waals surface area contributed by atoms with Gasteiger partial charge in [-0.15, -0.1) is 0 Å². The van der Waals surface area contributed by atoms with Crippen LogP contribution in [-0.2, 0) is 0 Å². The van der Waals surface area contributed by atoms with Gasteiger partial charge in [-0.2, -0.15) is 0 Å². The van der Waals surface area contributed by atoms with E-state index < -0.39 is 0 Å². The van der Waals surface area contributed by atoms with Crippen molar-refractivity contribution in [2.75, 3.05) is 13.1 Å². The van der Waals surface area contributed by atoms with Gasteiger partial charge >= 0.3 is 0 Å². The molecule has 1 saturated heterocycles. The Morgan fingerprint density at radius 2 is 1.78 bits per heavy atom. The van der Waals surface area contributed by atoms with Gasteiger partial charge in [0.15, 0.2) is 0 Å². The first-order chi connectivity index (χ1) is 8.69. The Balaban J connectivity index is 2.53. The van der Waals surface area contributed by atoms with Crippen LogP contribution in [0, 0.1) is 0 Å². The quantitative estimate of drug-likeness (QED) is 0.663. The molecule has 0 saturated carbocycles. The molecule has 0 aromatic rings. The van der Waals surface area contributed by atoms with Crippen molar-refractivity contribution in [2.45, 2.75) is 32.6 Å². The second-order valence-electron chi connectivity index (χ2n) is 5.15. The molecule has 0 bridgehead atoms. The van der Waals surface area contributed by atoms with E-state index in [2.05, 4.69) is 31.6 Å². The molecule has 2 heterocycles. The van der Waals surface area contributed by atoms with E-state index in [1.807, 2.05) is 12.2 Å². The van der Waals surface area contributed by atoms with Gasteiger partial charge in [0.1, 0.15) is 0 Å². The Bertz CT molecular complexity index is 448. The summed E-state index contributed by atoms with van der Waals surface area (Å²) in [7, 11) is 0. The average molecular weight is 241 g/mol. The van der Waals surface area contributed by atoms with Crippen LogP contribution in [0.5, 0.6) is 0 Å². The molecule has 0 aromatic heterocycles. The number of allylic oxidation sites excluding steroid dienone is 6. The molecule has 1 nitrogen and oxygen atoms in total. The highest BCUT2D eigenvalue weighted by atomic mass is 15.1. The Labute approximate surface area is 111 Å². The normalized spacial score (nSPS) is 22.4. The Kier molecular flexibility index (Phi) is 3.90. The molecule has 0 N–H and O–H groups in total. The van der Waals surface area contributed by atoms with E-state index in [0.717, 1.165) is 12.0 Å². The van der Waals surface area contributed by atoms with Crippen LogP contribution in [0.2, 0.25) is 0 Å². The van der Waals surface area contributed by atoms with Crippen molar-refractivity contribution < 1.29 is 0 Å². The molecule has 0 aromatic carbocycles. The number of hydrogen-bond acceptors (Lipinski definition) is 1. The van der Waals surface area contributed by atoms with Gasteiger partial charge in [-0.1, -0.05) is 31.9 Å². The van der Waals surface area contributed by atoms with Crippen molar-refractivity contribution in [3.63, 3.8) is 0 Å². The monoisotopic (exact) mass is 241 g/mol. The van der Waals surface area contributed by atoms with Gasteiger partial charge in [0.25, 0.3) is 0 Å². The summed E-state index contributed by atoms with van der Waals surface area (Å²) < 4.78 is 0. The SMILES string of the molecule is C=CC(=C)/C(C=C)=C1/CCCN2CCCC(C)=C12. The molecule has 0 atom stereocenters. The molecule has 1 heteroatoms. The van der Waals surface area contributed by atoms with Gasteiger partial charge in [0.05, 0.1) is 0 Å². The van der Waals surface area contributed by atoms with Crippen LogP contribution in [0.1, 0.15) is 32.6 Å². The van der Waals surface area contributed by atoms with Gasteiger partial charge in [-0.25, -0.2) is 0 Å². The van der Waals surface area contributed by atoms with Crippen LogP contribution >= 0.6 is 0 Å². The van der Waals surface area contributed by atoms with Gasteiger partial charge < -0.3 is 4.90 Å². The third kappa shape index (κ3) is 2.22. The van der Waals surface area contributed by atoms with E-state index in [4.69, 9.17) is 0 Å². The molecule has 18 heavy (non-hydrogen) atoms. The summed E-state index contributed by atoms with van der Waals surface area (Å²) in [5, 5.41) is 0. The number of fused-ring (bicyclic) bond motifs is 1. The Morgan fingerprint density at radius 1 is 1.11 bits per heavy atom. The minimum absolute atomic E-state index is 0.993. The van der Waals surface area contributed by atoms with E-state index >= 15 is 0 Å². The lowest BCUT2D eigenvalue weighted by molar-refractivity contribution is 0.295. The molecule has 2 rings (SSSR count). The number of hydrogen-bond donors (Lipinski definition) is 0. The van der Waals surface area contributed by atoms with Gasteiger partial charge in [0, 0.05) is 18.8 Å². The molecule has 0 unspecified atom stereocenters. The highest BCUT2D eigenvalue weighted by Gasteiger charge is 2.26. The second kappa shape index (κ2) is 5.43. The zero-order valence-electron chi connectivity index (χ0n) is 11.5. The zero-order valence-corrected chi connectivity index (χ0v) is 11.5. The fraction of sp³-hybridized carbons (Fsp3) is 0.412. The van der Waals surface area contributed by atoms with Crippen LogP contribution in [-0.4, -0.2) is 18.0 Å². The summed E-state index contributed by atoms with van der Waals surface area (Å²) in [5.41, 5.74) is 6.59. The fourth-order valence-corrected chi connectivity index (χ4v) is 3.09. The summed E-state index contributed by atoms with van der Waals surface area (Å²) in [6.45, 7) is 16.5. The van der Waals surface area contributed by atoms with Crippen molar-refractivity contribution in [3.05, 3.63) is 59.9 Å². The molecule has 96 valence electrons. The van der Waals surface area contributed by atoms with Crippen LogP contribution in [0.4, 0.5) is 0 Å². The second-order valence-corrected chi connectivity index (χ2v) is 5.15. The molecular weight excluding hydrogens is 218 g/mol. The first-order valence-electron chi connectivity index (χ1n) is 6.81. The summed E-state index contributed by atoms with van der Waals surface area (Å²) in [5.74, 6) is 0. The summed E-state index contributed by atoms with van der Waals surface area (Å²) >= 11 is 0. The van der Waals surface area contributed by atoms with Crippen molar-refractivity contribution in [2.24, 2.45) is 0 Å². The van der Waals surface area contributed by atoms with Crippen LogP contribution < -0.4 is 0 Å². The fourth-order valence-electron chi connectivity index (χ4n) is 3.09. The average Bonchev–Trinajstić information content (AvgIpc) is 2.39. The van der Waals surface area contributed by atoms with Crippen molar-refractivity contribution in [1.82, 2.24) is 4.90 Å². The zero-order chi connectivity index (χ0) is 13.1. The summed E-state index contributed by atoms with van der Waals surface area (Å²) in [6.07, 6.45) is 8.65. The Hall–Kier alpha value is -1.50. The lowest BCUT2D eigenvalue weighted by Crippen LogP contribution is -2.34. The van der Waals surface area contributed by atoms with E-state index in [9.17, 15) is 0 Å². The first kappa shape index (κ1) is 12.9. The maximum atomic E-state index is 4.09. The van der Waals surface area contributed by atoms with E-state index in [-0.39, 0.29) is 0 Å². The topological polar surface area (TPSA) is 3.24 Å². The number of piperidine rings is 1.